The SMILES string of the molecule is CCOC(=O)c1cc2ccc(/C(C)=C\CO)cn2c1. The number of hydrogen-bond donors (Lipinski definition) is 1. The number of rotatable bonds is 4. The highest BCUT2D eigenvalue weighted by atomic mass is 16.5. The summed E-state index contributed by atoms with van der Waals surface area (Å²) in [7, 11) is 0. The predicted molar refractivity (Wildman–Crippen MR) is 74.1 cm³/mol. The van der Waals surface area contributed by atoms with E-state index in [0.717, 1.165) is 16.7 Å². The number of aliphatic hydroxyl groups excluding tert-OH is 1. The second-order valence-electron chi connectivity index (χ2n) is 4.27. The Labute approximate surface area is 111 Å². The summed E-state index contributed by atoms with van der Waals surface area (Å²) >= 11 is 0. The highest BCUT2D eigenvalue weighted by Gasteiger charge is 2.09. The second-order valence-corrected chi connectivity index (χ2v) is 4.27. The van der Waals surface area contributed by atoms with Gasteiger partial charge in [0.25, 0.3) is 0 Å². The van der Waals surface area contributed by atoms with Crippen LogP contribution < -0.4 is 0 Å². The monoisotopic (exact) mass is 259 g/mol. The highest BCUT2D eigenvalue weighted by molar-refractivity contribution is 5.91. The standard InChI is InChI=1S/C15H17NO3/c1-3-19-15(18)13-8-14-5-4-12(9-16(14)10-13)11(2)6-7-17/h4-6,8-10,17H,3,7H2,1-2H3/b11-6-. The molecule has 0 aromatic carbocycles. The van der Waals surface area contributed by atoms with Crippen LogP contribution in [0.5, 0.6) is 0 Å². The summed E-state index contributed by atoms with van der Waals surface area (Å²) in [5.74, 6) is -0.310. The third kappa shape index (κ3) is 2.85. The van der Waals surface area contributed by atoms with Gasteiger partial charge >= 0.3 is 5.97 Å². The number of aromatic nitrogens is 1. The number of fused-ring (bicyclic) bond motifs is 1. The molecule has 0 saturated heterocycles. The third-order valence-corrected chi connectivity index (χ3v) is 2.96. The Morgan fingerprint density at radius 1 is 1.37 bits per heavy atom. The Hall–Kier alpha value is -2.07. The van der Waals surface area contributed by atoms with Gasteiger partial charge in [-0.25, -0.2) is 4.79 Å². The molecule has 2 rings (SSSR count). The third-order valence-electron chi connectivity index (χ3n) is 2.96. The molecule has 2 heterocycles. The Kier molecular flexibility index (Phi) is 4.02. The van der Waals surface area contributed by atoms with Crippen molar-refractivity contribution in [2.75, 3.05) is 13.2 Å². The van der Waals surface area contributed by atoms with E-state index in [9.17, 15) is 4.79 Å². The normalized spacial score (nSPS) is 11.8. The summed E-state index contributed by atoms with van der Waals surface area (Å²) in [4.78, 5) is 11.7. The first-order chi connectivity index (χ1) is 9.15. The molecule has 0 bridgehead atoms. The van der Waals surface area contributed by atoms with E-state index in [2.05, 4.69) is 0 Å². The number of pyridine rings is 1. The lowest BCUT2D eigenvalue weighted by Crippen LogP contribution is -2.02. The van der Waals surface area contributed by atoms with Crippen molar-refractivity contribution in [3.63, 3.8) is 0 Å². The Morgan fingerprint density at radius 3 is 2.79 bits per heavy atom. The molecule has 2 aromatic heterocycles. The predicted octanol–water partition coefficient (Wildman–Crippen LogP) is 2.51. The van der Waals surface area contributed by atoms with Crippen LogP contribution in [0.3, 0.4) is 0 Å². The van der Waals surface area contributed by atoms with Crippen LogP contribution >= 0.6 is 0 Å². The van der Waals surface area contributed by atoms with E-state index in [-0.39, 0.29) is 12.6 Å². The highest BCUT2D eigenvalue weighted by Crippen LogP contribution is 2.17. The smallest absolute Gasteiger partial charge is 0.339 e. The fourth-order valence-electron chi connectivity index (χ4n) is 1.92. The zero-order valence-electron chi connectivity index (χ0n) is 11.1. The molecular weight excluding hydrogens is 242 g/mol. The number of esters is 1. The van der Waals surface area contributed by atoms with E-state index in [1.807, 2.05) is 29.7 Å². The van der Waals surface area contributed by atoms with Crippen molar-refractivity contribution >= 4 is 17.1 Å². The molecule has 19 heavy (non-hydrogen) atoms. The quantitative estimate of drug-likeness (QED) is 0.858. The van der Waals surface area contributed by atoms with Gasteiger partial charge in [0.2, 0.25) is 0 Å². The van der Waals surface area contributed by atoms with Crippen molar-refractivity contribution in [3.8, 4) is 0 Å². The molecule has 0 aliphatic carbocycles. The molecule has 2 aromatic rings. The van der Waals surface area contributed by atoms with E-state index in [0.29, 0.717) is 12.2 Å². The number of aliphatic hydroxyl groups is 1. The van der Waals surface area contributed by atoms with E-state index in [1.54, 1.807) is 25.3 Å². The number of carbonyl (C=O) groups excluding carboxylic acids is 1. The molecule has 0 saturated carbocycles. The number of carbonyl (C=O) groups is 1. The van der Waals surface area contributed by atoms with Gasteiger partial charge in [0.15, 0.2) is 0 Å². The van der Waals surface area contributed by atoms with Crippen molar-refractivity contribution in [1.29, 1.82) is 0 Å². The summed E-state index contributed by atoms with van der Waals surface area (Å²) in [5, 5.41) is 8.90. The van der Waals surface area contributed by atoms with Gasteiger partial charge < -0.3 is 14.2 Å². The minimum atomic E-state index is -0.310. The number of ether oxygens (including phenoxy) is 1. The van der Waals surface area contributed by atoms with E-state index in [1.165, 1.54) is 0 Å². The summed E-state index contributed by atoms with van der Waals surface area (Å²) < 4.78 is 6.86. The van der Waals surface area contributed by atoms with Gasteiger partial charge in [0, 0.05) is 17.9 Å². The summed E-state index contributed by atoms with van der Waals surface area (Å²) in [6.07, 6.45) is 5.43. The van der Waals surface area contributed by atoms with Crippen molar-refractivity contribution < 1.29 is 14.6 Å². The first-order valence-corrected chi connectivity index (χ1v) is 6.22. The van der Waals surface area contributed by atoms with Crippen LogP contribution in [0.25, 0.3) is 11.1 Å². The number of hydrogen-bond acceptors (Lipinski definition) is 3. The molecule has 0 fully saturated rings. The van der Waals surface area contributed by atoms with Gasteiger partial charge in [0.05, 0.1) is 18.8 Å². The molecule has 4 heteroatoms. The van der Waals surface area contributed by atoms with E-state index >= 15 is 0 Å². The number of nitrogens with zero attached hydrogens (tertiary/aromatic N) is 1. The maximum absolute atomic E-state index is 11.7. The molecule has 0 amide bonds. The van der Waals surface area contributed by atoms with Crippen LogP contribution in [0, 0.1) is 0 Å². The first-order valence-electron chi connectivity index (χ1n) is 6.22. The first kappa shape index (κ1) is 13.4. The summed E-state index contributed by atoms with van der Waals surface area (Å²) in [6, 6.07) is 5.70. The number of allylic oxidation sites excluding steroid dienone is 1. The Balaban J connectivity index is 2.38. The molecule has 0 unspecified atom stereocenters. The lowest BCUT2D eigenvalue weighted by Gasteiger charge is -2.02. The zero-order chi connectivity index (χ0) is 13.8. The van der Waals surface area contributed by atoms with Gasteiger partial charge in [-0.05, 0) is 37.1 Å². The van der Waals surface area contributed by atoms with Crippen molar-refractivity contribution in [3.05, 3.63) is 47.8 Å². The van der Waals surface area contributed by atoms with E-state index < -0.39 is 0 Å². The van der Waals surface area contributed by atoms with Crippen molar-refractivity contribution in [1.82, 2.24) is 4.40 Å². The van der Waals surface area contributed by atoms with Gasteiger partial charge in [-0.15, -0.1) is 0 Å². The van der Waals surface area contributed by atoms with Crippen LogP contribution in [0.1, 0.15) is 29.8 Å². The van der Waals surface area contributed by atoms with Crippen LogP contribution in [0.15, 0.2) is 36.7 Å². The minimum Gasteiger partial charge on any atom is -0.462 e. The Morgan fingerprint density at radius 2 is 2.11 bits per heavy atom. The maximum Gasteiger partial charge on any atom is 0.339 e. The summed E-state index contributed by atoms with van der Waals surface area (Å²) in [6.45, 7) is 4.11. The molecule has 0 aliphatic heterocycles. The van der Waals surface area contributed by atoms with Crippen molar-refractivity contribution in [2.45, 2.75) is 13.8 Å². The molecular formula is C15H17NO3. The average Bonchev–Trinajstić information content (AvgIpc) is 2.82. The van der Waals surface area contributed by atoms with Gasteiger partial charge in [-0.1, -0.05) is 12.1 Å². The molecule has 0 radical (unpaired) electrons. The lowest BCUT2D eigenvalue weighted by molar-refractivity contribution is 0.0526. The van der Waals surface area contributed by atoms with Gasteiger partial charge in [0.1, 0.15) is 0 Å². The van der Waals surface area contributed by atoms with E-state index in [4.69, 9.17) is 9.84 Å². The minimum absolute atomic E-state index is 0.0175. The largest absolute Gasteiger partial charge is 0.462 e. The lowest BCUT2D eigenvalue weighted by atomic mass is 10.1. The molecule has 1 N–H and O–H groups in total. The fraction of sp³-hybridized carbons (Fsp3) is 0.267. The molecule has 0 aliphatic rings. The molecule has 4 nitrogen and oxygen atoms in total. The average molecular weight is 259 g/mol. The molecule has 0 spiro atoms. The fourth-order valence-corrected chi connectivity index (χ4v) is 1.92. The Bertz CT molecular complexity index is 625. The topological polar surface area (TPSA) is 50.9 Å². The zero-order valence-corrected chi connectivity index (χ0v) is 11.1. The van der Waals surface area contributed by atoms with Crippen LogP contribution in [-0.4, -0.2) is 28.7 Å². The van der Waals surface area contributed by atoms with Crippen LogP contribution in [0.2, 0.25) is 0 Å². The van der Waals surface area contributed by atoms with Crippen LogP contribution in [0.4, 0.5) is 0 Å². The molecule has 0 atom stereocenters. The van der Waals surface area contributed by atoms with Crippen LogP contribution in [-0.2, 0) is 4.74 Å². The molecule has 100 valence electrons. The maximum atomic E-state index is 11.7. The summed E-state index contributed by atoms with van der Waals surface area (Å²) in [5.41, 5.74) is 3.48. The van der Waals surface area contributed by atoms with Gasteiger partial charge in [-0.2, -0.15) is 0 Å². The second kappa shape index (κ2) is 5.71. The van der Waals surface area contributed by atoms with Gasteiger partial charge in [-0.3, -0.25) is 0 Å². The van der Waals surface area contributed by atoms with Crippen molar-refractivity contribution in [2.24, 2.45) is 0 Å².